The third-order valence-electron chi connectivity index (χ3n) is 5.30. The first-order chi connectivity index (χ1) is 15.8. The van der Waals surface area contributed by atoms with Crippen molar-refractivity contribution in [3.05, 3.63) is 99.3 Å². The van der Waals surface area contributed by atoms with Gasteiger partial charge in [-0.1, -0.05) is 70.9 Å². The molecule has 1 atom stereocenters. The van der Waals surface area contributed by atoms with Gasteiger partial charge < -0.3 is 5.11 Å². The Hall–Kier alpha value is -3.26. The molecule has 1 aliphatic heterocycles. The van der Waals surface area contributed by atoms with E-state index in [0.717, 1.165) is 11.3 Å². The molecule has 5 nitrogen and oxygen atoms in total. The molecule has 1 saturated heterocycles. The summed E-state index contributed by atoms with van der Waals surface area (Å²) in [4.78, 5) is 32.0. The molecule has 0 spiro atoms. The van der Waals surface area contributed by atoms with Gasteiger partial charge in [0.25, 0.3) is 5.78 Å². The minimum atomic E-state index is -1.01. The lowest BCUT2D eigenvalue weighted by Crippen LogP contribution is -2.29. The van der Waals surface area contributed by atoms with Crippen LogP contribution in [0.1, 0.15) is 17.2 Å². The zero-order valence-corrected chi connectivity index (χ0v) is 19.0. The van der Waals surface area contributed by atoms with Crippen LogP contribution in [-0.2, 0) is 9.59 Å². The zero-order chi connectivity index (χ0) is 23.3. The van der Waals surface area contributed by atoms with Crippen LogP contribution in [0.5, 0.6) is 0 Å². The van der Waals surface area contributed by atoms with Gasteiger partial charge in [0.05, 0.1) is 31.9 Å². The largest absolute Gasteiger partial charge is 0.507 e. The highest BCUT2D eigenvalue weighted by atomic mass is 35.5. The van der Waals surface area contributed by atoms with E-state index in [1.165, 1.54) is 23.1 Å². The fourth-order valence-corrected chi connectivity index (χ4v) is 5.09. The maximum absolute atomic E-state index is 13.7. The fraction of sp³-hybridized carbons (Fsp3) is 0.0417. The molecule has 1 fully saturated rings. The van der Waals surface area contributed by atoms with Crippen molar-refractivity contribution in [3.63, 3.8) is 0 Å². The van der Waals surface area contributed by atoms with Crippen LogP contribution in [0.3, 0.4) is 0 Å². The lowest BCUT2D eigenvalue weighted by atomic mass is 9.95. The highest BCUT2D eigenvalue weighted by molar-refractivity contribution is 7.22. The van der Waals surface area contributed by atoms with Crippen LogP contribution >= 0.6 is 34.5 Å². The van der Waals surface area contributed by atoms with Crippen LogP contribution in [0.2, 0.25) is 10.0 Å². The molecule has 9 heteroatoms. The molecular formula is C24H13Cl2FN2O3S. The van der Waals surface area contributed by atoms with Gasteiger partial charge >= 0.3 is 5.91 Å². The van der Waals surface area contributed by atoms with Crippen LogP contribution in [0.4, 0.5) is 9.52 Å². The molecule has 3 aromatic carbocycles. The second kappa shape index (κ2) is 8.26. The summed E-state index contributed by atoms with van der Waals surface area (Å²) in [6.07, 6.45) is 0. The smallest absolute Gasteiger partial charge is 0.301 e. The first-order valence-electron chi connectivity index (χ1n) is 9.72. The maximum Gasteiger partial charge on any atom is 0.301 e. The number of aliphatic hydroxyl groups excluding tert-OH is 1. The highest BCUT2D eigenvalue weighted by Gasteiger charge is 2.48. The summed E-state index contributed by atoms with van der Waals surface area (Å²) in [5.74, 6) is -2.48. The topological polar surface area (TPSA) is 70.5 Å². The SMILES string of the molecule is O=C1C(=O)N(c2nc3ccc(F)cc3s2)C(c2ccc(Cl)c(Cl)c2)C1=C(O)c1ccccc1. The number of carbonyl (C=O) groups excluding carboxylic acids is 2. The van der Waals surface area contributed by atoms with Crippen molar-refractivity contribution >= 4 is 67.3 Å². The van der Waals surface area contributed by atoms with Crippen molar-refractivity contribution in [1.82, 2.24) is 4.98 Å². The van der Waals surface area contributed by atoms with Gasteiger partial charge in [-0.05, 0) is 35.9 Å². The number of fused-ring (bicyclic) bond motifs is 1. The number of anilines is 1. The first kappa shape index (κ1) is 21.6. The molecule has 5 rings (SSSR count). The molecule has 1 N–H and O–H groups in total. The molecule has 1 amide bonds. The standard InChI is InChI=1S/C24H13Cl2FN2O3S/c25-15-8-6-13(10-16(15)26)20-19(21(30)12-4-2-1-3-5-12)22(31)23(32)29(20)24-28-17-9-7-14(27)11-18(17)33-24/h1-11,20,30H. The summed E-state index contributed by atoms with van der Waals surface area (Å²) < 4.78 is 14.2. The molecule has 1 aliphatic rings. The van der Waals surface area contributed by atoms with Crippen molar-refractivity contribution < 1.29 is 19.1 Å². The van der Waals surface area contributed by atoms with Crippen LogP contribution in [-0.4, -0.2) is 21.8 Å². The van der Waals surface area contributed by atoms with Gasteiger partial charge in [-0.2, -0.15) is 0 Å². The van der Waals surface area contributed by atoms with E-state index in [2.05, 4.69) is 4.98 Å². The second-order valence-corrected chi connectivity index (χ2v) is 9.14. The molecule has 164 valence electrons. The summed E-state index contributed by atoms with van der Waals surface area (Å²) in [5, 5.41) is 11.8. The van der Waals surface area contributed by atoms with Crippen molar-refractivity contribution in [3.8, 4) is 0 Å². The normalized spacial score (nSPS) is 17.8. The van der Waals surface area contributed by atoms with Crippen molar-refractivity contribution in [2.75, 3.05) is 4.90 Å². The molecule has 1 aromatic heterocycles. The number of Topliss-reactive ketones (excluding diaryl/α,β-unsaturated/α-hetero) is 1. The highest BCUT2D eigenvalue weighted by Crippen LogP contribution is 2.45. The Morgan fingerprint density at radius 3 is 2.48 bits per heavy atom. The van der Waals surface area contributed by atoms with E-state index in [1.54, 1.807) is 48.5 Å². The van der Waals surface area contributed by atoms with E-state index >= 15 is 0 Å². The molecule has 0 radical (unpaired) electrons. The Morgan fingerprint density at radius 1 is 1.00 bits per heavy atom. The Labute approximate surface area is 201 Å². The molecule has 0 aliphatic carbocycles. The van der Waals surface area contributed by atoms with Crippen molar-refractivity contribution in [2.24, 2.45) is 0 Å². The van der Waals surface area contributed by atoms with Crippen molar-refractivity contribution in [2.45, 2.75) is 6.04 Å². The number of hydrogen-bond acceptors (Lipinski definition) is 5. The molecule has 33 heavy (non-hydrogen) atoms. The van der Waals surface area contributed by atoms with Gasteiger partial charge in [0, 0.05) is 5.56 Å². The third kappa shape index (κ3) is 3.68. The zero-order valence-electron chi connectivity index (χ0n) is 16.6. The summed E-state index contributed by atoms with van der Waals surface area (Å²) >= 11 is 13.4. The number of benzene rings is 3. The number of ketones is 1. The van der Waals surface area contributed by atoms with E-state index in [-0.39, 0.29) is 21.5 Å². The molecule has 1 unspecified atom stereocenters. The average Bonchev–Trinajstić information content (AvgIpc) is 3.33. The van der Waals surface area contributed by atoms with Gasteiger partial charge in [0.1, 0.15) is 11.6 Å². The number of carbonyl (C=O) groups is 2. The van der Waals surface area contributed by atoms with E-state index in [0.29, 0.717) is 26.4 Å². The number of halogens is 3. The number of thiazole rings is 1. The minimum Gasteiger partial charge on any atom is -0.507 e. The van der Waals surface area contributed by atoms with Gasteiger partial charge in [0.2, 0.25) is 0 Å². The van der Waals surface area contributed by atoms with Crippen LogP contribution < -0.4 is 4.90 Å². The number of rotatable bonds is 3. The molecule has 4 aromatic rings. The minimum absolute atomic E-state index is 0.102. The molecule has 0 bridgehead atoms. The van der Waals surface area contributed by atoms with Crippen molar-refractivity contribution in [1.29, 1.82) is 0 Å². The lowest BCUT2D eigenvalue weighted by molar-refractivity contribution is -0.132. The Bertz CT molecular complexity index is 1470. The third-order valence-corrected chi connectivity index (χ3v) is 7.05. The predicted molar refractivity (Wildman–Crippen MR) is 127 cm³/mol. The predicted octanol–water partition coefficient (Wildman–Crippen LogP) is 6.37. The number of nitrogens with zero attached hydrogens (tertiary/aromatic N) is 2. The number of hydrogen-bond donors (Lipinski definition) is 1. The van der Waals surface area contributed by atoms with E-state index in [4.69, 9.17) is 23.2 Å². The fourth-order valence-electron chi connectivity index (χ4n) is 3.77. The monoisotopic (exact) mass is 498 g/mol. The maximum atomic E-state index is 13.7. The Kier molecular flexibility index (Phi) is 5.40. The van der Waals surface area contributed by atoms with Gasteiger partial charge in [0.15, 0.2) is 5.13 Å². The lowest BCUT2D eigenvalue weighted by Gasteiger charge is -2.23. The first-order valence-corrected chi connectivity index (χ1v) is 11.3. The second-order valence-electron chi connectivity index (χ2n) is 7.32. The van der Waals surface area contributed by atoms with E-state index < -0.39 is 23.5 Å². The van der Waals surface area contributed by atoms with E-state index in [1.807, 2.05) is 0 Å². The van der Waals surface area contributed by atoms with Crippen LogP contribution in [0, 0.1) is 5.82 Å². The summed E-state index contributed by atoms with van der Waals surface area (Å²) in [6, 6.07) is 16.2. The number of amides is 1. The van der Waals surface area contributed by atoms with Gasteiger partial charge in [-0.15, -0.1) is 0 Å². The Balaban J connectivity index is 1.75. The van der Waals surface area contributed by atoms with Crippen LogP contribution in [0.25, 0.3) is 16.0 Å². The molecular weight excluding hydrogens is 486 g/mol. The van der Waals surface area contributed by atoms with Crippen LogP contribution in [0.15, 0.2) is 72.3 Å². The van der Waals surface area contributed by atoms with Gasteiger partial charge in [-0.3, -0.25) is 14.5 Å². The van der Waals surface area contributed by atoms with Gasteiger partial charge in [-0.25, -0.2) is 9.37 Å². The average molecular weight is 499 g/mol. The summed E-state index contributed by atoms with van der Waals surface area (Å²) in [7, 11) is 0. The number of aromatic nitrogens is 1. The number of aliphatic hydroxyl groups is 1. The summed E-state index contributed by atoms with van der Waals surface area (Å²) in [5.41, 5.74) is 1.22. The summed E-state index contributed by atoms with van der Waals surface area (Å²) in [6.45, 7) is 0. The van der Waals surface area contributed by atoms with E-state index in [9.17, 15) is 19.1 Å². The molecule has 2 heterocycles. The quantitative estimate of drug-likeness (QED) is 0.202. The molecule has 0 saturated carbocycles. The Morgan fingerprint density at radius 2 is 1.76 bits per heavy atom.